The van der Waals surface area contributed by atoms with Gasteiger partial charge in [0.1, 0.15) is 0 Å². The predicted octanol–water partition coefficient (Wildman–Crippen LogP) is 2.86. The van der Waals surface area contributed by atoms with E-state index in [1.165, 1.54) is 25.9 Å². The third kappa shape index (κ3) is 1.45. The summed E-state index contributed by atoms with van der Waals surface area (Å²) in [6.07, 6.45) is 2.76. The zero-order valence-corrected chi connectivity index (χ0v) is 10.4. The van der Waals surface area contributed by atoms with E-state index in [4.69, 9.17) is 0 Å². The van der Waals surface area contributed by atoms with Crippen molar-refractivity contribution in [3.63, 3.8) is 0 Å². The molecule has 0 aromatic rings. The van der Waals surface area contributed by atoms with Crippen LogP contribution in [0.15, 0.2) is 10.9 Å². The molecular weight excluding hydrogens is 174 g/mol. The summed E-state index contributed by atoms with van der Waals surface area (Å²) in [6, 6.07) is 0. The molecule has 1 atom stereocenters. The van der Waals surface area contributed by atoms with Gasteiger partial charge in [0, 0.05) is 18.8 Å². The van der Waals surface area contributed by atoms with Gasteiger partial charge in [-0.1, -0.05) is 31.8 Å². The van der Waals surface area contributed by atoms with Crippen molar-refractivity contribution in [2.45, 2.75) is 39.4 Å². The van der Waals surface area contributed by atoms with E-state index in [-0.39, 0.29) is 0 Å². The molecule has 13 heavy (non-hydrogen) atoms. The fraction of sp³-hybridized carbons (Fsp3) is 0.818. The van der Waals surface area contributed by atoms with Crippen LogP contribution < -0.4 is 0 Å². The van der Waals surface area contributed by atoms with E-state index in [1.807, 2.05) is 5.20 Å². The number of fused-ring (bicyclic) bond motifs is 1. The summed E-state index contributed by atoms with van der Waals surface area (Å²) in [5.74, 6) is 0.849. The Labute approximate surface area is 82.8 Å². The van der Waals surface area contributed by atoms with E-state index in [0.29, 0.717) is 0 Å². The highest BCUT2D eigenvalue weighted by molar-refractivity contribution is 6.83. The quantitative estimate of drug-likeness (QED) is 0.582. The van der Waals surface area contributed by atoms with Crippen molar-refractivity contribution < 1.29 is 0 Å². The van der Waals surface area contributed by atoms with Crippen LogP contribution in [0.5, 0.6) is 0 Å². The number of hydrogen-bond donors (Lipinski definition) is 0. The minimum atomic E-state index is -1.04. The molecule has 2 heterocycles. The van der Waals surface area contributed by atoms with Crippen LogP contribution in [0.25, 0.3) is 0 Å². The van der Waals surface area contributed by atoms with Gasteiger partial charge in [-0.25, -0.2) is 0 Å². The van der Waals surface area contributed by atoms with E-state index < -0.39 is 8.07 Å². The third-order valence-corrected chi connectivity index (χ3v) is 5.73. The second-order valence-electron chi connectivity index (χ2n) is 5.56. The third-order valence-electron chi connectivity index (χ3n) is 3.33. The average molecular weight is 195 g/mol. The topological polar surface area (TPSA) is 3.24 Å². The molecule has 1 saturated heterocycles. The van der Waals surface area contributed by atoms with Crippen LogP contribution in [-0.4, -0.2) is 26.1 Å². The van der Waals surface area contributed by atoms with Crippen molar-refractivity contribution in [1.82, 2.24) is 4.90 Å². The molecule has 0 spiro atoms. The van der Waals surface area contributed by atoms with E-state index in [1.54, 1.807) is 5.70 Å². The fourth-order valence-corrected chi connectivity index (χ4v) is 5.83. The van der Waals surface area contributed by atoms with Gasteiger partial charge in [-0.3, -0.25) is 0 Å². The SMILES string of the molecule is CC1CN2CCCC2=C1[Si](C)(C)C. The standard InChI is InChI=1S/C11H21NSi/c1-9-8-12-7-5-6-10(12)11(9)13(2,3)4/h9H,5-8H2,1-4H3. The first-order chi connectivity index (χ1) is 6.00. The van der Waals surface area contributed by atoms with Crippen LogP contribution >= 0.6 is 0 Å². The lowest BCUT2D eigenvalue weighted by Crippen LogP contribution is -2.28. The minimum Gasteiger partial charge on any atom is -0.375 e. The van der Waals surface area contributed by atoms with Gasteiger partial charge in [-0.15, -0.1) is 0 Å². The number of nitrogens with zero attached hydrogens (tertiary/aromatic N) is 1. The number of rotatable bonds is 1. The summed E-state index contributed by atoms with van der Waals surface area (Å²) in [6.45, 7) is 12.5. The van der Waals surface area contributed by atoms with Crippen LogP contribution in [-0.2, 0) is 0 Å². The van der Waals surface area contributed by atoms with Crippen molar-refractivity contribution in [3.8, 4) is 0 Å². The van der Waals surface area contributed by atoms with E-state index in [9.17, 15) is 0 Å². The van der Waals surface area contributed by atoms with E-state index in [2.05, 4.69) is 31.5 Å². The highest BCUT2D eigenvalue weighted by Crippen LogP contribution is 2.39. The van der Waals surface area contributed by atoms with Crippen LogP contribution in [0.1, 0.15) is 19.8 Å². The lowest BCUT2D eigenvalue weighted by molar-refractivity contribution is 0.394. The molecule has 0 aromatic carbocycles. The van der Waals surface area contributed by atoms with Gasteiger partial charge in [0.15, 0.2) is 0 Å². The highest BCUT2D eigenvalue weighted by atomic mass is 28.3. The largest absolute Gasteiger partial charge is 0.375 e. The molecule has 0 saturated carbocycles. The maximum atomic E-state index is 2.64. The Bertz CT molecular complexity index is 249. The lowest BCUT2D eigenvalue weighted by atomic mass is 10.1. The fourth-order valence-electron chi connectivity index (χ4n) is 3.12. The monoisotopic (exact) mass is 195 g/mol. The van der Waals surface area contributed by atoms with E-state index in [0.717, 1.165) is 5.92 Å². The molecule has 1 fully saturated rings. The maximum absolute atomic E-state index is 2.64. The van der Waals surface area contributed by atoms with Crippen LogP contribution in [0.4, 0.5) is 0 Å². The molecular formula is C11H21NSi. The van der Waals surface area contributed by atoms with Crippen LogP contribution in [0, 0.1) is 5.92 Å². The molecule has 0 aromatic heterocycles. The van der Waals surface area contributed by atoms with Gasteiger partial charge >= 0.3 is 0 Å². The molecule has 1 nitrogen and oxygen atoms in total. The molecule has 2 rings (SSSR count). The second-order valence-corrected chi connectivity index (χ2v) is 10.6. The van der Waals surface area contributed by atoms with Crippen molar-refractivity contribution in [3.05, 3.63) is 10.9 Å². The van der Waals surface area contributed by atoms with Gasteiger partial charge in [0.25, 0.3) is 0 Å². The van der Waals surface area contributed by atoms with Gasteiger partial charge < -0.3 is 4.90 Å². The maximum Gasteiger partial charge on any atom is 0.0751 e. The van der Waals surface area contributed by atoms with Crippen molar-refractivity contribution in [2.75, 3.05) is 13.1 Å². The first kappa shape index (κ1) is 9.32. The summed E-state index contributed by atoms with van der Waals surface area (Å²) in [5, 5.41) is 1.87. The first-order valence-corrected chi connectivity index (χ1v) is 8.98. The van der Waals surface area contributed by atoms with Crippen molar-refractivity contribution in [2.24, 2.45) is 5.92 Å². The first-order valence-electron chi connectivity index (χ1n) is 5.48. The molecule has 0 aliphatic carbocycles. The molecule has 0 amide bonds. The van der Waals surface area contributed by atoms with E-state index >= 15 is 0 Å². The zero-order valence-electron chi connectivity index (χ0n) is 9.35. The molecule has 2 heteroatoms. The van der Waals surface area contributed by atoms with Gasteiger partial charge in [0.2, 0.25) is 0 Å². The van der Waals surface area contributed by atoms with Crippen molar-refractivity contribution in [1.29, 1.82) is 0 Å². The normalized spacial score (nSPS) is 28.6. The highest BCUT2D eigenvalue weighted by Gasteiger charge is 2.37. The van der Waals surface area contributed by atoms with Crippen molar-refractivity contribution >= 4 is 8.07 Å². The molecule has 2 aliphatic rings. The Kier molecular flexibility index (Phi) is 2.06. The summed E-state index contributed by atoms with van der Waals surface area (Å²) >= 11 is 0. The number of hydrogen-bond acceptors (Lipinski definition) is 1. The second kappa shape index (κ2) is 2.87. The summed E-state index contributed by atoms with van der Waals surface area (Å²) < 4.78 is 0. The van der Waals surface area contributed by atoms with Crippen LogP contribution in [0.3, 0.4) is 0 Å². The Morgan fingerprint density at radius 1 is 1.31 bits per heavy atom. The van der Waals surface area contributed by atoms with Gasteiger partial charge in [-0.2, -0.15) is 0 Å². The van der Waals surface area contributed by atoms with Gasteiger partial charge in [-0.05, 0) is 18.8 Å². The number of allylic oxidation sites excluding steroid dienone is 1. The van der Waals surface area contributed by atoms with Gasteiger partial charge in [0.05, 0.1) is 8.07 Å². The van der Waals surface area contributed by atoms with Crippen LogP contribution in [0.2, 0.25) is 19.6 Å². The summed E-state index contributed by atoms with van der Waals surface area (Å²) in [4.78, 5) is 2.64. The molecule has 0 radical (unpaired) electrons. The molecule has 1 unspecified atom stereocenters. The Morgan fingerprint density at radius 3 is 2.62 bits per heavy atom. The Hall–Kier alpha value is -0.243. The molecule has 0 bridgehead atoms. The smallest absolute Gasteiger partial charge is 0.0751 e. The summed E-state index contributed by atoms with van der Waals surface area (Å²) in [5.41, 5.74) is 1.74. The molecule has 2 aliphatic heterocycles. The lowest BCUT2D eigenvalue weighted by Gasteiger charge is -2.22. The minimum absolute atomic E-state index is 0.849. The Balaban J connectivity index is 2.37. The molecule has 0 N–H and O–H groups in total. The average Bonchev–Trinajstić information content (AvgIpc) is 2.41. The molecule has 74 valence electrons. The zero-order chi connectivity index (χ0) is 9.64. The Morgan fingerprint density at radius 2 is 2.00 bits per heavy atom. The predicted molar refractivity (Wildman–Crippen MR) is 60.3 cm³/mol. The summed E-state index contributed by atoms with van der Waals surface area (Å²) in [7, 11) is -1.04.